The van der Waals surface area contributed by atoms with Crippen LogP contribution in [-0.4, -0.2) is 13.6 Å². The maximum atomic E-state index is 6.69. The van der Waals surface area contributed by atoms with Gasteiger partial charge < -0.3 is 0 Å². The monoisotopic (exact) mass is 555 g/mol. The van der Waals surface area contributed by atoms with Crippen LogP contribution in [0.15, 0.2) is 67.1 Å². The molecule has 0 saturated carbocycles. The number of halogens is 2. The summed E-state index contributed by atoms with van der Waals surface area (Å²) in [5.41, 5.74) is 8.58. The second kappa shape index (κ2) is 7.92. The van der Waals surface area contributed by atoms with Crippen LogP contribution in [0.25, 0.3) is 0 Å². The van der Waals surface area contributed by atoms with Crippen LogP contribution in [0.3, 0.4) is 0 Å². The number of hydrogen-bond acceptors (Lipinski definition) is 0. The van der Waals surface area contributed by atoms with Crippen molar-refractivity contribution in [3.8, 4) is 0 Å². The van der Waals surface area contributed by atoms with E-state index in [2.05, 4.69) is 64.2 Å². The summed E-state index contributed by atoms with van der Waals surface area (Å²) in [6.07, 6.45) is 13.5. The van der Waals surface area contributed by atoms with E-state index >= 15 is 0 Å². The Bertz CT molecular complexity index is 828. The topological polar surface area (TPSA) is 0 Å². The molecular weight excluding hydrogens is 530 g/mol. The number of rotatable bonds is 3. The first kappa shape index (κ1) is 19.7. The van der Waals surface area contributed by atoms with E-state index in [1.54, 1.807) is 5.17 Å². The molecule has 3 aliphatic carbocycles. The molecule has 0 amide bonds. The molecule has 0 nitrogen and oxygen atoms in total. The fraction of sp³-hybridized carbons (Fsp3) is 0.381. The van der Waals surface area contributed by atoms with Crippen LogP contribution >= 0.6 is 17.2 Å². The molecule has 0 spiro atoms. The van der Waals surface area contributed by atoms with Gasteiger partial charge in [-0.2, -0.15) is 0 Å². The van der Waals surface area contributed by atoms with Crippen LogP contribution in [0.2, 0.25) is 13.1 Å². The van der Waals surface area contributed by atoms with Crippen molar-refractivity contribution >= 4 is 30.7 Å². The Kier molecular flexibility index (Phi) is 6.25. The summed E-state index contributed by atoms with van der Waals surface area (Å²) in [5, 5.41) is 1.61. The Labute approximate surface area is 168 Å². The number of fused-ring (bicyclic) bond motifs is 1. The molecule has 0 aromatic carbocycles. The van der Waals surface area contributed by atoms with E-state index in [4.69, 9.17) is 17.2 Å². The van der Waals surface area contributed by atoms with E-state index in [1.165, 1.54) is 36.8 Å². The zero-order valence-electron chi connectivity index (χ0n) is 15.6. The predicted molar refractivity (Wildman–Crippen MR) is 111 cm³/mol. The second-order valence-corrected chi connectivity index (χ2v) is 21.2. The fourth-order valence-electron chi connectivity index (χ4n) is 4.29. The maximum absolute atomic E-state index is 6.69. The van der Waals surface area contributed by atoms with Crippen molar-refractivity contribution < 1.29 is 19.1 Å². The Morgan fingerprint density at radius 2 is 1.92 bits per heavy atom. The van der Waals surface area contributed by atoms with Gasteiger partial charge in [-0.05, 0) is 0 Å². The van der Waals surface area contributed by atoms with E-state index in [0.717, 1.165) is 12.8 Å². The van der Waals surface area contributed by atoms with E-state index in [9.17, 15) is 0 Å². The van der Waals surface area contributed by atoms with Gasteiger partial charge in [-0.25, -0.2) is 0 Å². The molecule has 0 aliphatic heterocycles. The second-order valence-electron chi connectivity index (χ2n) is 7.14. The first-order valence-electron chi connectivity index (χ1n) is 8.97. The van der Waals surface area contributed by atoms with Crippen molar-refractivity contribution in [2.75, 3.05) is 0 Å². The van der Waals surface area contributed by atoms with Crippen LogP contribution in [0, 0.1) is 5.92 Å². The Balaban J connectivity index is 2.36. The average molecular weight is 555 g/mol. The van der Waals surface area contributed by atoms with Crippen LogP contribution in [-0.2, 0) is 19.1 Å². The summed E-state index contributed by atoms with van der Waals surface area (Å²) in [6.45, 7) is 11.7. The first-order valence-corrected chi connectivity index (χ1v) is 22.2. The van der Waals surface area contributed by atoms with Gasteiger partial charge in [0.1, 0.15) is 0 Å². The molecule has 3 aliphatic rings. The molecule has 0 bridgehead atoms. The van der Waals surface area contributed by atoms with Crippen molar-refractivity contribution in [3.05, 3.63) is 67.1 Å². The van der Waals surface area contributed by atoms with Gasteiger partial charge in [0.15, 0.2) is 0 Å². The summed E-state index contributed by atoms with van der Waals surface area (Å²) in [7, 11) is 12.9. The van der Waals surface area contributed by atoms with Gasteiger partial charge in [-0.1, -0.05) is 0 Å². The minimum absolute atomic E-state index is 0.446. The summed E-state index contributed by atoms with van der Waals surface area (Å²) >= 11 is -2.74. The van der Waals surface area contributed by atoms with E-state index < -0.39 is 27.5 Å². The van der Waals surface area contributed by atoms with E-state index in [-0.39, 0.29) is 0 Å². The summed E-state index contributed by atoms with van der Waals surface area (Å²) in [5.74, 6) is 0.446. The molecule has 0 aromatic heterocycles. The predicted octanol–water partition coefficient (Wildman–Crippen LogP) is 6.80. The Hall–Kier alpha value is -0.0230. The molecule has 0 N–H and O–H groups in total. The molecule has 0 saturated heterocycles. The normalized spacial score (nSPS) is 22.8. The summed E-state index contributed by atoms with van der Waals surface area (Å²) < 4.78 is 1.33. The zero-order valence-corrected chi connectivity index (χ0v) is 21.7. The van der Waals surface area contributed by atoms with Crippen LogP contribution in [0.5, 0.6) is 0 Å². The Morgan fingerprint density at radius 1 is 1.20 bits per heavy atom. The molecule has 1 atom stereocenters. The quantitative estimate of drug-likeness (QED) is 0.337. The third-order valence-electron chi connectivity index (χ3n) is 5.46. The van der Waals surface area contributed by atoms with Crippen molar-refractivity contribution in [1.29, 1.82) is 0 Å². The van der Waals surface area contributed by atoms with Gasteiger partial charge in [0.2, 0.25) is 0 Å². The van der Waals surface area contributed by atoms with Gasteiger partial charge >= 0.3 is 170 Å². The summed E-state index contributed by atoms with van der Waals surface area (Å²) in [6, 6.07) is 0. The van der Waals surface area contributed by atoms with Gasteiger partial charge in [0.05, 0.1) is 0 Å². The van der Waals surface area contributed by atoms with Crippen molar-refractivity contribution in [3.63, 3.8) is 0 Å². The molecule has 1 unspecified atom stereocenters. The minimum atomic E-state index is -2.74. The van der Waals surface area contributed by atoms with Crippen LogP contribution in [0.4, 0.5) is 0 Å². The van der Waals surface area contributed by atoms with Gasteiger partial charge in [0, 0.05) is 0 Å². The molecule has 0 radical (unpaired) electrons. The van der Waals surface area contributed by atoms with Gasteiger partial charge in [-0.3, -0.25) is 0 Å². The SMILES string of the molecule is CCC1=C2C(=C(C3=CC=CC3)C(C)=[C]2[Hf]([Cl])[Cl])C(C)C(=[Si](C)C)C=C1. The van der Waals surface area contributed by atoms with Crippen molar-refractivity contribution in [1.82, 2.24) is 0 Å². The molecule has 4 heteroatoms. The molecule has 0 aromatic rings. The van der Waals surface area contributed by atoms with Gasteiger partial charge in [0.25, 0.3) is 0 Å². The number of hydrogen-bond donors (Lipinski definition) is 0. The van der Waals surface area contributed by atoms with Gasteiger partial charge in [-0.15, -0.1) is 0 Å². The van der Waals surface area contributed by atoms with Crippen molar-refractivity contribution in [2.45, 2.75) is 46.7 Å². The Morgan fingerprint density at radius 3 is 2.44 bits per heavy atom. The van der Waals surface area contributed by atoms with Crippen LogP contribution < -0.4 is 0 Å². The fourth-order valence-corrected chi connectivity index (χ4v) is 12.8. The molecule has 0 fully saturated rings. The third kappa shape index (κ3) is 3.45. The third-order valence-corrected chi connectivity index (χ3v) is 13.9. The average Bonchev–Trinajstić information content (AvgIpc) is 3.13. The molecular formula is C21H25Cl2HfSi. The van der Waals surface area contributed by atoms with E-state index in [1.807, 2.05) is 0 Å². The van der Waals surface area contributed by atoms with Crippen LogP contribution in [0.1, 0.15) is 33.6 Å². The first-order chi connectivity index (χ1) is 11.9. The van der Waals surface area contributed by atoms with Crippen molar-refractivity contribution in [2.24, 2.45) is 5.92 Å². The van der Waals surface area contributed by atoms with E-state index in [0.29, 0.717) is 5.92 Å². The zero-order chi connectivity index (χ0) is 18.3. The molecule has 25 heavy (non-hydrogen) atoms. The number of allylic oxidation sites excluding steroid dienone is 12. The summed E-state index contributed by atoms with van der Waals surface area (Å²) in [4.78, 5) is 0. The molecule has 0 heterocycles. The standard InChI is InChI=1S/C21H25Si.2ClH.Hf/c1-6-16-11-12-19(22(4)5)15(3)21-18(16)13-14(2)20(21)17-9-7-8-10-17;;;/h7-9,11-12,15H,6,10H2,1-5H3;2*1H;/q;;;+2/p-2. The molecule has 3 rings (SSSR count). The molecule has 131 valence electrons.